The molecule has 6 heteroatoms. The van der Waals surface area contributed by atoms with Crippen molar-refractivity contribution in [3.05, 3.63) is 29.8 Å². The van der Waals surface area contributed by atoms with Crippen LogP contribution in [0, 0.1) is 0 Å². The number of benzene rings is 1. The summed E-state index contributed by atoms with van der Waals surface area (Å²) in [7, 11) is 0. The molecule has 0 bridgehead atoms. The molecule has 0 aliphatic heterocycles. The predicted molar refractivity (Wildman–Crippen MR) is 71.2 cm³/mol. The summed E-state index contributed by atoms with van der Waals surface area (Å²) in [4.78, 5) is 23.0. The summed E-state index contributed by atoms with van der Waals surface area (Å²) in [6.07, 6.45) is 0.358. The molecule has 0 aliphatic carbocycles. The molecule has 0 heterocycles. The molecule has 1 atom stereocenters. The van der Waals surface area contributed by atoms with Crippen LogP contribution in [0.25, 0.3) is 0 Å². The van der Waals surface area contributed by atoms with Crippen molar-refractivity contribution < 1.29 is 14.7 Å². The zero-order valence-corrected chi connectivity index (χ0v) is 11.1. The van der Waals surface area contributed by atoms with Gasteiger partial charge in [-0.1, -0.05) is 19.1 Å². The number of hydrazine groups is 1. The zero-order chi connectivity index (χ0) is 14.3. The van der Waals surface area contributed by atoms with Crippen molar-refractivity contribution in [1.82, 2.24) is 16.2 Å². The van der Waals surface area contributed by atoms with E-state index in [1.165, 1.54) is 6.92 Å². The third-order valence-corrected chi connectivity index (χ3v) is 2.46. The minimum absolute atomic E-state index is 0.164. The topological polar surface area (TPSA) is 90.5 Å². The Kier molecular flexibility index (Phi) is 5.81. The lowest BCUT2D eigenvalue weighted by Gasteiger charge is -2.17. The van der Waals surface area contributed by atoms with Gasteiger partial charge in [-0.05, 0) is 17.7 Å². The lowest BCUT2D eigenvalue weighted by Crippen LogP contribution is -2.51. The minimum Gasteiger partial charge on any atom is -0.508 e. The average molecular weight is 265 g/mol. The number of nitrogens with one attached hydrogen (secondary N) is 3. The summed E-state index contributed by atoms with van der Waals surface area (Å²) in [5.74, 6) is -0.405. The molecule has 104 valence electrons. The average Bonchev–Trinajstić information content (AvgIpc) is 2.37. The van der Waals surface area contributed by atoms with Crippen molar-refractivity contribution in [2.45, 2.75) is 26.3 Å². The number of carbonyl (C=O) groups is 2. The molecule has 0 fully saturated rings. The lowest BCUT2D eigenvalue weighted by atomic mass is 10.1. The fraction of sp³-hybridized carbons (Fsp3) is 0.385. The number of carbonyl (C=O) groups excluding carboxylic acids is 2. The Morgan fingerprint density at radius 3 is 2.42 bits per heavy atom. The molecule has 0 unspecified atom stereocenters. The highest BCUT2D eigenvalue weighted by Gasteiger charge is 2.19. The van der Waals surface area contributed by atoms with E-state index in [1.807, 2.05) is 6.92 Å². The predicted octanol–water partition coefficient (Wildman–Crippen LogP) is 0.0801. The Morgan fingerprint density at radius 1 is 1.26 bits per heavy atom. The summed E-state index contributed by atoms with van der Waals surface area (Å²) < 4.78 is 0. The van der Waals surface area contributed by atoms with E-state index in [-0.39, 0.29) is 17.6 Å². The first-order valence-corrected chi connectivity index (χ1v) is 6.10. The van der Waals surface area contributed by atoms with E-state index in [4.69, 9.17) is 0 Å². The second kappa shape index (κ2) is 7.38. The van der Waals surface area contributed by atoms with Crippen LogP contribution in [-0.2, 0) is 16.0 Å². The smallest absolute Gasteiger partial charge is 0.256 e. The summed E-state index contributed by atoms with van der Waals surface area (Å²) >= 11 is 0. The van der Waals surface area contributed by atoms with Gasteiger partial charge in [0.1, 0.15) is 11.8 Å². The molecule has 1 aromatic carbocycles. The zero-order valence-electron chi connectivity index (χ0n) is 11.1. The quantitative estimate of drug-likeness (QED) is 0.548. The van der Waals surface area contributed by atoms with Crippen LogP contribution < -0.4 is 16.2 Å². The Hall–Kier alpha value is -2.08. The third-order valence-electron chi connectivity index (χ3n) is 2.46. The molecule has 6 nitrogen and oxygen atoms in total. The first-order chi connectivity index (χ1) is 9.02. The number of aromatic hydroxyl groups is 1. The minimum atomic E-state index is -0.652. The first kappa shape index (κ1) is 15.0. The van der Waals surface area contributed by atoms with Crippen LogP contribution in [0.15, 0.2) is 24.3 Å². The van der Waals surface area contributed by atoms with Crippen LogP contribution in [0.4, 0.5) is 0 Å². The normalized spacial score (nSPS) is 11.7. The maximum absolute atomic E-state index is 11.9. The standard InChI is InChI=1S/C13H19N3O3/c1-3-14-16-13(19)12(15-9(2)17)8-10-4-6-11(18)7-5-10/h4-7,12,14,18H,3,8H2,1-2H3,(H,15,17)(H,16,19)/t12-/m1/s1. The van der Waals surface area contributed by atoms with Gasteiger partial charge in [0.05, 0.1) is 0 Å². The summed E-state index contributed by atoms with van der Waals surface area (Å²) in [5, 5.41) is 11.8. The van der Waals surface area contributed by atoms with Gasteiger partial charge in [0.15, 0.2) is 0 Å². The second-order valence-electron chi connectivity index (χ2n) is 4.14. The van der Waals surface area contributed by atoms with Gasteiger partial charge in [0.2, 0.25) is 5.91 Å². The number of phenolic OH excluding ortho intramolecular Hbond substituents is 1. The van der Waals surface area contributed by atoms with Crippen molar-refractivity contribution in [3.8, 4) is 5.75 Å². The van der Waals surface area contributed by atoms with Crippen LogP contribution >= 0.6 is 0 Å². The van der Waals surface area contributed by atoms with Crippen molar-refractivity contribution in [2.75, 3.05) is 6.54 Å². The molecule has 1 rings (SSSR count). The Labute approximate surface area is 112 Å². The fourth-order valence-corrected chi connectivity index (χ4v) is 1.58. The maximum Gasteiger partial charge on any atom is 0.256 e. The fourth-order valence-electron chi connectivity index (χ4n) is 1.58. The summed E-state index contributed by atoms with van der Waals surface area (Å²) in [5.41, 5.74) is 6.07. The number of phenols is 1. The van der Waals surface area contributed by atoms with E-state index in [9.17, 15) is 14.7 Å². The maximum atomic E-state index is 11.9. The van der Waals surface area contributed by atoms with E-state index < -0.39 is 6.04 Å². The molecule has 1 aromatic rings. The monoisotopic (exact) mass is 265 g/mol. The Bertz CT molecular complexity index is 431. The second-order valence-corrected chi connectivity index (χ2v) is 4.14. The molecule has 0 aromatic heterocycles. The Morgan fingerprint density at radius 2 is 1.89 bits per heavy atom. The van der Waals surface area contributed by atoms with Crippen LogP contribution in [0.2, 0.25) is 0 Å². The van der Waals surface area contributed by atoms with Gasteiger partial charge in [-0.25, -0.2) is 5.43 Å². The van der Waals surface area contributed by atoms with Gasteiger partial charge in [-0.2, -0.15) is 0 Å². The van der Waals surface area contributed by atoms with Crippen LogP contribution in [0.3, 0.4) is 0 Å². The van der Waals surface area contributed by atoms with Gasteiger partial charge in [-0.3, -0.25) is 15.0 Å². The van der Waals surface area contributed by atoms with E-state index in [2.05, 4.69) is 16.2 Å². The molecule has 4 N–H and O–H groups in total. The molecular formula is C13H19N3O3. The van der Waals surface area contributed by atoms with E-state index in [0.717, 1.165) is 5.56 Å². The van der Waals surface area contributed by atoms with Gasteiger partial charge < -0.3 is 10.4 Å². The Balaban J connectivity index is 2.70. The van der Waals surface area contributed by atoms with Crippen molar-refractivity contribution >= 4 is 11.8 Å². The summed E-state index contributed by atoms with van der Waals surface area (Å²) in [6, 6.07) is 5.86. The van der Waals surface area contributed by atoms with Crippen molar-refractivity contribution in [1.29, 1.82) is 0 Å². The molecule has 0 saturated heterocycles. The molecule has 0 radical (unpaired) electrons. The third kappa shape index (κ3) is 5.39. The lowest BCUT2D eigenvalue weighted by molar-refractivity contribution is -0.128. The van der Waals surface area contributed by atoms with Crippen molar-refractivity contribution in [2.24, 2.45) is 0 Å². The summed E-state index contributed by atoms with van der Waals surface area (Å²) in [6.45, 7) is 3.82. The number of hydrogen-bond acceptors (Lipinski definition) is 4. The first-order valence-electron chi connectivity index (χ1n) is 6.10. The molecule has 0 spiro atoms. The largest absolute Gasteiger partial charge is 0.508 e. The highest BCUT2D eigenvalue weighted by Crippen LogP contribution is 2.11. The molecule has 2 amide bonds. The highest BCUT2D eigenvalue weighted by atomic mass is 16.3. The van der Waals surface area contributed by atoms with E-state index in [1.54, 1.807) is 24.3 Å². The van der Waals surface area contributed by atoms with Gasteiger partial charge in [0, 0.05) is 19.9 Å². The van der Waals surface area contributed by atoms with Gasteiger partial charge in [0.25, 0.3) is 5.91 Å². The van der Waals surface area contributed by atoms with E-state index in [0.29, 0.717) is 13.0 Å². The molecule has 19 heavy (non-hydrogen) atoms. The van der Waals surface area contributed by atoms with E-state index >= 15 is 0 Å². The highest BCUT2D eigenvalue weighted by molar-refractivity contribution is 5.86. The number of hydrogen-bond donors (Lipinski definition) is 4. The number of amides is 2. The molecular weight excluding hydrogens is 246 g/mol. The molecule has 0 saturated carbocycles. The van der Waals surface area contributed by atoms with Gasteiger partial charge in [-0.15, -0.1) is 0 Å². The number of rotatable bonds is 6. The van der Waals surface area contributed by atoms with Crippen LogP contribution in [0.1, 0.15) is 19.4 Å². The van der Waals surface area contributed by atoms with Crippen LogP contribution in [0.5, 0.6) is 5.75 Å². The SMILES string of the molecule is CCNNC(=O)[C@@H](Cc1ccc(O)cc1)NC(C)=O. The molecule has 0 aliphatic rings. The van der Waals surface area contributed by atoms with Gasteiger partial charge >= 0.3 is 0 Å². The van der Waals surface area contributed by atoms with Crippen LogP contribution in [-0.4, -0.2) is 29.5 Å². The van der Waals surface area contributed by atoms with Crippen molar-refractivity contribution in [3.63, 3.8) is 0 Å².